The molecule has 5 rings (SSSR count). The van der Waals surface area contributed by atoms with Crippen LogP contribution in [0.15, 0.2) is 6.33 Å². The molecular weight excluding hydrogens is 326 g/mol. The van der Waals surface area contributed by atoms with Crippen LogP contribution in [0.25, 0.3) is 15.9 Å². The quantitative estimate of drug-likeness (QED) is 0.783. The first-order valence-electron chi connectivity index (χ1n) is 8.35. The van der Waals surface area contributed by atoms with Gasteiger partial charge in [-0.05, 0) is 37.7 Å². The van der Waals surface area contributed by atoms with Gasteiger partial charge in [-0.25, -0.2) is 14.5 Å². The monoisotopic (exact) mass is 343 g/mol. The normalized spacial score (nSPS) is 20.1. The summed E-state index contributed by atoms with van der Waals surface area (Å²) >= 11 is 1.74. The highest BCUT2D eigenvalue weighted by Crippen LogP contribution is 2.37. The minimum Gasteiger partial charge on any atom is -0.376 e. The number of aryl methyl sites for hydroxylation is 2. The number of nitrogens with one attached hydrogen (secondary N) is 1. The Bertz CT molecular complexity index is 941. The third-order valence-corrected chi connectivity index (χ3v) is 5.96. The summed E-state index contributed by atoms with van der Waals surface area (Å²) in [5.74, 6) is -0.0607. The zero-order valence-corrected chi connectivity index (χ0v) is 13.9. The summed E-state index contributed by atoms with van der Waals surface area (Å²) in [6.45, 7) is 1.29. The van der Waals surface area contributed by atoms with E-state index in [9.17, 15) is 4.79 Å². The van der Waals surface area contributed by atoms with Crippen LogP contribution < -0.4 is 5.32 Å². The topological polar surface area (TPSA) is 81.4 Å². The Labute approximate surface area is 142 Å². The molecule has 0 saturated carbocycles. The van der Waals surface area contributed by atoms with E-state index in [1.807, 2.05) is 0 Å². The Morgan fingerprint density at radius 1 is 1.42 bits per heavy atom. The van der Waals surface area contributed by atoms with Gasteiger partial charge in [0.2, 0.25) is 5.82 Å². The van der Waals surface area contributed by atoms with Crippen molar-refractivity contribution in [2.75, 3.05) is 13.2 Å². The smallest absolute Gasteiger partial charge is 0.291 e. The van der Waals surface area contributed by atoms with Gasteiger partial charge in [0.1, 0.15) is 11.2 Å². The summed E-state index contributed by atoms with van der Waals surface area (Å²) in [5, 5.41) is 8.25. The first-order chi connectivity index (χ1) is 11.8. The molecule has 0 aromatic carbocycles. The highest BCUT2D eigenvalue weighted by Gasteiger charge is 2.23. The maximum absolute atomic E-state index is 12.4. The summed E-state index contributed by atoms with van der Waals surface area (Å²) in [6, 6.07) is 0. The maximum Gasteiger partial charge on any atom is 0.291 e. The molecule has 1 atom stereocenters. The number of nitrogens with zero attached hydrogens (tertiary/aromatic N) is 4. The second-order valence-corrected chi connectivity index (χ2v) is 7.41. The predicted molar refractivity (Wildman–Crippen MR) is 89.5 cm³/mol. The fourth-order valence-corrected chi connectivity index (χ4v) is 4.80. The van der Waals surface area contributed by atoms with Crippen molar-refractivity contribution in [3.8, 4) is 0 Å². The first-order valence-corrected chi connectivity index (χ1v) is 9.16. The van der Waals surface area contributed by atoms with E-state index in [1.165, 1.54) is 16.9 Å². The van der Waals surface area contributed by atoms with E-state index in [1.54, 1.807) is 22.2 Å². The number of amides is 1. The first kappa shape index (κ1) is 14.3. The Balaban J connectivity index is 1.48. The fraction of sp³-hybridized carbons (Fsp3) is 0.500. The molecule has 1 aliphatic carbocycles. The summed E-state index contributed by atoms with van der Waals surface area (Å²) < 4.78 is 7.15. The lowest BCUT2D eigenvalue weighted by molar-refractivity contribution is 0.0849. The SMILES string of the molecule is O=C(NC[C@H]1CCCO1)c1nc2c3c4c(sc3ncn2n1)CCC4. The van der Waals surface area contributed by atoms with Gasteiger partial charge >= 0.3 is 0 Å². The average Bonchev–Trinajstić information content (AvgIpc) is 3.32. The molecule has 7 nitrogen and oxygen atoms in total. The van der Waals surface area contributed by atoms with Gasteiger partial charge in [0.05, 0.1) is 11.5 Å². The molecule has 1 N–H and O–H groups in total. The van der Waals surface area contributed by atoms with E-state index in [0.29, 0.717) is 6.54 Å². The van der Waals surface area contributed by atoms with Crippen molar-refractivity contribution in [2.45, 2.75) is 38.2 Å². The van der Waals surface area contributed by atoms with Crippen LogP contribution in [-0.4, -0.2) is 44.7 Å². The van der Waals surface area contributed by atoms with Crippen LogP contribution in [0.1, 0.15) is 40.3 Å². The van der Waals surface area contributed by atoms with Crippen molar-refractivity contribution in [3.63, 3.8) is 0 Å². The van der Waals surface area contributed by atoms with Crippen LogP contribution in [0.3, 0.4) is 0 Å². The third-order valence-electron chi connectivity index (χ3n) is 4.76. The van der Waals surface area contributed by atoms with E-state index in [2.05, 4.69) is 20.4 Å². The molecule has 1 saturated heterocycles. The number of hydrogen-bond donors (Lipinski definition) is 1. The van der Waals surface area contributed by atoms with E-state index < -0.39 is 0 Å². The molecule has 0 spiro atoms. The van der Waals surface area contributed by atoms with Crippen molar-refractivity contribution in [1.29, 1.82) is 0 Å². The van der Waals surface area contributed by atoms with Crippen molar-refractivity contribution in [2.24, 2.45) is 0 Å². The van der Waals surface area contributed by atoms with Gasteiger partial charge in [-0.3, -0.25) is 4.79 Å². The molecule has 1 fully saturated rings. The van der Waals surface area contributed by atoms with Crippen molar-refractivity contribution in [3.05, 3.63) is 22.6 Å². The van der Waals surface area contributed by atoms with Gasteiger partial charge in [-0.15, -0.1) is 16.4 Å². The van der Waals surface area contributed by atoms with Gasteiger partial charge in [0.15, 0.2) is 5.65 Å². The Kier molecular flexibility index (Phi) is 3.27. The van der Waals surface area contributed by atoms with Crippen LogP contribution in [0.2, 0.25) is 0 Å². The molecule has 0 bridgehead atoms. The second-order valence-electron chi connectivity index (χ2n) is 6.33. The minimum atomic E-state index is -0.255. The molecule has 2 aliphatic rings. The molecule has 1 amide bonds. The van der Waals surface area contributed by atoms with Crippen LogP contribution in [0.4, 0.5) is 0 Å². The molecule has 0 unspecified atom stereocenters. The Morgan fingerprint density at radius 2 is 2.38 bits per heavy atom. The molecule has 24 heavy (non-hydrogen) atoms. The summed E-state index contributed by atoms with van der Waals surface area (Å²) in [6.07, 6.45) is 7.16. The maximum atomic E-state index is 12.4. The lowest BCUT2D eigenvalue weighted by Crippen LogP contribution is -2.32. The molecule has 4 heterocycles. The lowest BCUT2D eigenvalue weighted by Gasteiger charge is -2.08. The summed E-state index contributed by atoms with van der Waals surface area (Å²) in [4.78, 5) is 23.7. The van der Waals surface area contributed by atoms with Gasteiger partial charge in [-0.1, -0.05) is 0 Å². The number of fused-ring (bicyclic) bond motifs is 5. The van der Waals surface area contributed by atoms with Crippen LogP contribution in [-0.2, 0) is 17.6 Å². The van der Waals surface area contributed by atoms with E-state index >= 15 is 0 Å². The molecular formula is C16H17N5O2S. The average molecular weight is 343 g/mol. The van der Waals surface area contributed by atoms with E-state index in [0.717, 1.165) is 48.2 Å². The Hall–Kier alpha value is -2.06. The number of hydrogen-bond acceptors (Lipinski definition) is 6. The zero-order chi connectivity index (χ0) is 16.1. The van der Waals surface area contributed by atoms with E-state index in [4.69, 9.17) is 4.74 Å². The van der Waals surface area contributed by atoms with Gasteiger partial charge in [0, 0.05) is 18.0 Å². The Morgan fingerprint density at radius 3 is 3.25 bits per heavy atom. The standard InChI is InChI=1S/C16H17N5O2S/c22-15(17-7-9-3-2-6-23-9)13-19-14-12-10-4-1-5-11(10)24-16(12)18-8-21(14)20-13/h8-9H,1-7H2,(H,17,22)/t9-/m1/s1. The second kappa shape index (κ2) is 5.49. The minimum absolute atomic E-state index is 0.111. The lowest BCUT2D eigenvalue weighted by atomic mass is 10.2. The van der Waals surface area contributed by atoms with Crippen LogP contribution in [0.5, 0.6) is 0 Å². The molecule has 8 heteroatoms. The van der Waals surface area contributed by atoms with Crippen molar-refractivity contribution >= 4 is 33.1 Å². The van der Waals surface area contributed by atoms with E-state index in [-0.39, 0.29) is 17.8 Å². The highest BCUT2D eigenvalue weighted by atomic mass is 32.1. The summed E-state index contributed by atoms with van der Waals surface area (Å²) in [5.41, 5.74) is 2.08. The largest absolute Gasteiger partial charge is 0.376 e. The molecule has 3 aromatic heterocycles. The number of aromatic nitrogens is 4. The molecule has 0 radical (unpaired) electrons. The van der Waals surface area contributed by atoms with Crippen LogP contribution in [0, 0.1) is 0 Å². The summed E-state index contributed by atoms with van der Waals surface area (Å²) in [7, 11) is 0. The molecule has 3 aromatic rings. The highest BCUT2D eigenvalue weighted by molar-refractivity contribution is 7.19. The number of thiophene rings is 1. The van der Waals surface area contributed by atoms with Crippen LogP contribution >= 0.6 is 11.3 Å². The molecule has 124 valence electrons. The number of rotatable bonds is 3. The van der Waals surface area contributed by atoms with Crippen molar-refractivity contribution < 1.29 is 9.53 Å². The number of carbonyl (C=O) groups is 1. The fourth-order valence-electron chi connectivity index (χ4n) is 3.58. The van der Waals surface area contributed by atoms with Crippen molar-refractivity contribution in [1.82, 2.24) is 24.9 Å². The van der Waals surface area contributed by atoms with Gasteiger partial charge < -0.3 is 10.1 Å². The predicted octanol–water partition coefficient (Wildman–Crippen LogP) is 1.74. The number of ether oxygens (including phenoxy) is 1. The van der Waals surface area contributed by atoms with Gasteiger partial charge in [0.25, 0.3) is 5.91 Å². The molecule has 1 aliphatic heterocycles. The van der Waals surface area contributed by atoms with Gasteiger partial charge in [-0.2, -0.15) is 0 Å². The number of carbonyl (C=O) groups excluding carboxylic acids is 1. The zero-order valence-electron chi connectivity index (χ0n) is 13.1. The third kappa shape index (κ3) is 2.21.